The number of para-hydroxylation sites is 1. The molecule has 1 aliphatic heterocycles. The first-order chi connectivity index (χ1) is 9.65. The minimum Gasteiger partial charge on any atom is -0.495 e. The quantitative estimate of drug-likeness (QED) is 0.858. The van der Waals surface area contributed by atoms with Gasteiger partial charge in [0, 0.05) is 6.54 Å². The Hall–Kier alpha value is -1.91. The van der Waals surface area contributed by atoms with E-state index in [-0.39, 0.29) is 11.6 Å². The Morgan fingerprint density at radius 1 is 1.33 bits per heavy atom. The zero-order valence-corrected chi connectivity index (χ0v) is 13.6. The lowest BCUT2D eigenvalue weighted by molar-refractivity contribution is 0.0546. The Kier molecular flexibility index (Phi) is 3.78. The zero-order valence-electron chi connectivity index (χ0n) is 13.6. The van der Waals surface area contributed by atoms with Crippen molar-refractivity contribution in [2.45, 2.75) is 45.8 Å². The first-order valence-electron chi connectivity index (χ1n) is 7.10. The molecule has 5 nitrogen and oxygen atoms in total. The van der Waals surface area contributed by atoms with Gasteiger partial charge in [-0.15, -0.1) is 0 Å². The predicted molar refractivity (Wildman–Crippen MR) is 84.3 cm³/mol. The number of rotatable bonds is 1. The van der Waals surface area contributed by atoms with Gasteiger partial charge < -0.3 is 14.8 Å². The van der Waals surface area contributed by atoms with Crippen LogP contribution in [0.25, 0.3) is 0 Å². The standard InChI is InChI=1S/C16H24N2O3/c1-15(2,3)21-14(19)18-11-8-7-9-12(20-6)13(11)17-10-16(18,4)5/h7-9,17H,10H2,1-6H3. The van der Waals surface area contributed by atoms with Crippen molar-refractivity contribution in [3.8, 4) is 5.75 Å². The van der Waals surface area contributed by atoms with Crippen LogP contribution in [0.2, 0.25) is 0 Å². The van der Waals surface area contributed by atoms with Crippen molar-refractivity contribution in [2.24, 2.45) is 0 Å². The second-order valence-corrected chi connectivity index (χ2v) is 6.84. The second-order valence-electron chi connectivity index (χ2n) is 6.84. The summed E-state index contributed by atoms with van der Waals surface area (Å²) in [6.07, 6.45) is -0.344. The van der Waals surface area contributed by atoms with Gasteiger partial charge in [0.1, 0.15) is 17.0 Å². The molecule has 1 N–H and O–H groups in total. The minimum absolute atomic E-state index is 0.344. The first kappa shape index (κ1) is 15.5. The van der Waals surface area contributed by atoms with Gasteiger partial charge >= 0.3 is 6.09 Å². The molecule has 1 aliphatic rings. The molecule has 0 saturated carbocycles. The van der Waals surface area contributed by atoms with E-state index in [1.807, 2.05) is 52.8 Å². The third kappa shape index (κ3) is 3.06. The van der Waals surface area contributed by atoms with Crippen LogP contribution in [0.4, 0.5) is 16.2 Å². The summed E-state index contributed by atoms with van der Waals surface area (Å²) in [6.45, 7) is 10.2. The minimum atomic E-state index is -0.531. The molecule has 0 fully saturated rings. The smallest absolute Gasteiger partial charge is 0.415 e. The molecule has 1 aromatic rings. The molecule has 0 aliphatic carbocycles. The normalized spacial score (nSPS) is 16.8. The van der Waals surface area contributed by atoms with Crippen molar-refractivity contribution in [3.63, 3.8) is 0 Å². The summed E-state index contributed by atoms with van der Waals surface area (Å²) in [5.74, 6) is 0.719. The number of methoxy groups -OCH3 is 1. The van der Waals surface area contributed by atoms with Crippen LogP contribution in [0.3, 0.4) is 0 Å². The summed E-state index contributed by atoms with van der Waals surface area (Å²) in [7, 11) is 1.62. The highest BCUT2D eigenvalue weighted by molar-refractivity contribution is 5.96. The number of nitrogens with zero attached hydrogens (tertiary/aromatic N) is 1. The zero-order chi connectivity index (χ0) is 15.8. The molecular formula is C16H24N2O3. The van der Waals surface area contributed by atoms with Crippen molar-refractivity contribution < 1.29 is 14.3 Å². The summed E-state index contributed by atoms with van der Waals surface area (Å²) in [5.41, 5.74) is 0.684. The third-order valence-electron chi connectivity index (χ3n) is 3.34. The topological polar surface area (TPSA) is 50.8 Å². The van der Waals surface area contributed by atoms with Crippen LogP contribution in [-0.4, -0.2) is 30.9 Å². The number of amides is 1. The lowest BCUT2D eigenvalue weighted by atomic mass is 9.98. The van der Waals surface area contributed by atoms with Crippen LogP contribution in [0.5, 0.6) is 5.75 Å². The molecular weight excluding hydrogens is 268 g/mol. The number of fused-ring (bicyclic) bond motifs is 1. The molecule has 21 heavy (non-hydrogen) atoms. The summed E-state index contributed by atoms with van der Waals surface area (Å²) < 4.78 is 10.9. The summed E-state index contributed by atoms with van der Waals surface area (Å²) in [5, 5.41) is 3.35. The van der Waals surface area contributed by atoms with Crippen LogP contribution in [-0.2, 0) is 4.74 Å². The molecule has 2 rings (SSSR count). The van der Waals surface area contributed by atoms with Crippen molar-refractivity contribution in [2.75, 3.05) is 23.9 Å². The molecule has 0 aromatic heterocycles. The van der Waals surface area contributed by atoms with E-state index in [2.05, 4.69) is 5.32 Å². The molecule has 0 unspecified atom stereocenters. The molecule has 0 atom stereocenters. The predicted octanol–water partition coefficient (Wildman–Crippen LogP) is 3.64. The molecule has 1 heterocycles. The number of carbonyl (C=O) groups is 1. The molecule has 116 valence electrons. The number of nitrogens with one attached hydrogen (secondary N) is 1. The Balaban J connectivity index is 2.46. The highest BCUT2D eigenvalue weighted by atomic mass is 16.6. The summed E-state index contributed by atoms with van der Waals surface area (Å²) in [6, 6.07) is 5.64. The number of benzene rings is 1. The lowest BCUT2D eigenvalue weighted by Gasteiger charge is -2.44. The van der Waals surface area contributed by atoms with E-state index >= 15 is 0 Å². The molecule has 1 amide bonds. The number of carbonyl (C=O) groups excluding carboxylic acids is 1. The largest absolute Gasteiger partial charge is 0.495 e. The van der Waals surface area contributed by atoms with E-state index in [9.17, 15) is 4.79 Å². The second kappa shape index (κ2) is 5.13. The Morgan fingerprint density at radius 2 is 2.00 bits per heavy atom. The van der Waals surface area contributed by atoms with Gasteiger partial charge in [-0.05, 0) is 46.8 Å². The van der Waals surface area contributed by atoms with Crippen molar-refractivity contribution in [1.82, 2.24) is 0 Å². The Morgan fingerprint density at radius 3 is 2.57 bits per heavy atom. The van der Waals surface area contributed by atoms with Gasteiger partial charge in [-0.2, -0.15) is 0 Å². The van der Waals surface area contributed by atoms with E-state index in [1.165, 1.54) is 0 Å². The van der Waals surface area contributed by atoms with Gasteiger partial charge in [0.25, 0.3) is 0 Å². The molecule has 5 heteroatoms. The summed E-state index contributed by atoms with van der Waals surface area (Å²) in [4.78, 5) is 14.3. The van der Waals surface area contributed by atoms with Crippen LogP contribution in [0.15, 0.2) is 18.2 Å². The number of anilines is 2. The molecule has 0 spiro atoms. The maximum absolute atomic E-state index is 12.6. The van der Waals surface area contributed by atoms with E-state index in [1.54, 1.807) is 12.0 Å². The SMILES string of the molecule is COc1cccc2c1NCC(C)(C)N2C(=O)OC(C)(C)C. The maximum Gasteiger partial charge on any atom is 0.415 e. The van der Waals surface area contributed by atoms with Crippen LogP contribution < -0.4 is 15.0 Å². The van der Waals surface area contributed by atoms with Gasteiger partial charge in [-0.3, -0.25) is 4.90 Å². The molecule has 0 bridgehead atoms. The molecule has 1 aromatic carbocycles. The van der Waals surface area contributed by atoms with Gasteiger partial charge in [-0.25, -0.2) is 4.79 Å². The molecule has 0 radical (unpaired) electrons. The number of ether oxygens (including phenoxy) is 2. The van der Waals surface area contributed by atoms with Gasteiger partial charge in [0.15, 0.2) is 0 Å². The number of hydrogen-bond acceptors (Lipinski definition) is 4. The van der Waals surface area contributed by atoms with Crippen LogP contribution >= 0.6 is 0 Å². The number of hydrogen-bond donors (Lipinski definition) is 1. The first-order valence-corrected chi connectivity index (χ1v) is 7.10. The Bertz CT molecular complexity index is 547. The van der Waals surface area contributed by atoms with E-state index in [0.717, 1.165) is 17.1 Å². The van der Waals surface area contributed by atoms with Crippen LogP contribution in [0, 0.1) is 0 Å². The fraction of sp³-hybridized carbons (Fsp3) is 0.562. The Labute approximate surface area is 126 Å². The van der Waals surface area contributed by atoms with Gasteiger partial charge in [0.2, 0.25) is 0 Å². The highest BCUT2D eigenvalue weighted by Gasteiger charge is 2.40. The van der Waals surface area contributed by atoms with Crippen molar-refractivity contribution >= 4 is 17.5 Å². The van der Waals surface area contributed by atoms with Crippen LogP contribution in [0.1, 0.15) is 34.6 Å². The maximum atomic E-state index is 12.6. The average molecular weight is 292 g/mol. The monoisotopic (exact) mass is 292 g/mol. The fourth-order valence-corrected chi connectivity index (χ4v) is 2.42. The summed E-state index contributed by atoms with van der Waals surface area (Å²) >= 11 is 0. The van der Waals surface area contributed by atoms with Gasteiger partial charge in [-0.1, -0.05) is 6.07 Å². The fourth-order valence-electron chi connectivity index (χ4n) is 2.42. The van der Waals surface area contributed by atoms with E-state index in [4.69, 9.17) is 9.47 Å². The average Bonchev–Trinajstić information content (AvgIpc) is 2.34. The lowest BCUT2D eigenvalue weighted by Crippen LogP contribution is -2.56. The van der Waals surface area contributed by atoms with E-state index in [0.29, 0.717) is 6.54 Å². The van der Waals surface area contributed by atoms with Gasteiger partial charge in [0.05, 0.1) is 18.3 Å². The molecule has 0 saturated heterocycles. The van der Waals surface area contributed by atoms with Crippen molar-refractivity contribution in [3.05, 3.63) is 18.2 Å². The van der Waals surface area contributed by atoms with Crippen molar-refractivity contribution in [1.29, 1.82) is 0 Å². The van der Waals surface area contributed by atoms with E-state index < -0.39 is 5.60 Å². The highest BCUT2D eigenvalue weighted by Crippen LogP contribution is 2.42. The third-order valence-corrected chi connectivity index (χ3v) is 3.34.